The molecule has 2 aliphatic rings. The molecule has 2 atom stereocenters. The van der Waals surface area contributed by atoms with E-state index in [4.69, 9.17) is 5.11 Å². The van der Waals surface area contributed by atoms with Crippen LogP contribution in [0.2, 0.25) is 0 Å². The van der Waals surface area contributed by atoms with Crippen molar-refractivity contribution in [3.05, 3.63) is 0 Å². The molecule has 0 aromatic rings. The lowest BCUT2D eigenvalue weighted by Gasteiger charge is -2.20. The van der Waals surface area contributed by atoms with E-state index < -0.39 is 11.9 Å². The van der Waals surface area contributed by atoms with Crippen molar-refractivity contribution in [1.82, 2.24) is 9.80 Å². The van der Waals surface area contributed by atoms with E-state index in [0.717, 1.165) is 26.1 Å². The van der Waals surface area contributed by atoms with Gasteiger partial charge in [0.2, 0.25) is 5.91 Å². The molecule has 90 valence electrons. The molecule has 0 aromatic heterocycles. The topological polar surface area (TPSA) is 60.9 Å². The summed E-state index contributed by atoms with van der Waals surface area (Å²) in [5.74, 6) is -0.825. The number of carbonyl (C=O) groups is 2. The molecule has 5 heteroatoms. The van der Waals surface area contributed by atoms with Crippen molar-refractivity contribution in [2.75, 3.05) is 33.2 Å². The molecular formula is C11H18N2O3. The van der Waals surface area contributed by atoms with Crippen LogP contribution in [0.3, 0.4) is 0 Å². The highest BCUT2D eigenvalue weighted by atomic mass is 16.4. The molecule has 2 aliphatic heterocycles. The van der Waals surface area contributed by atoms with Crippen LogP contribution in [-0.2, 0) is 9.59 Å². The second kappa shape index (κ2) is 4.41. The molecule has 5 nitrogen and oxygen atoms in total. The Balaban J connectivity index is 1.86. The maximum atomic E-state index is 11.6. The lowest BCUT2D eigenvalue weighted by atomic mass is 10.1. The fourth-order valence-electron chi connectivity index (χ4n) is 2.60. The van der Waals surface area contributed by atoms with Gasteiger partial charge in [0.25, 0.3) is 0 Å². The molecule has 2 rings (SSSR count). The third-order valence-corrected chi connectivity index (χ3v) is 3.53. The number of likely N-dealkylation sites (tertiary alicyclic amines) is 2. The third-order valence-electron chi connectivity index (χ3n) is 3.53. The van der Waals surface area contributed by atoms with Crippen LogP contribution in [0.1, 0.15) is 12.8 Å². The Bertz CT molecular complexity index is 306. The van der Waals surface area contributed by atoms with Crippen molar-refractivity contribution >= 4 is 11.9 Å². The van der Waals surface area contributed by atoms with Crippen molar-refractivity contribution in [3.8, 4) is 0 Å². The highest BCUT2D eigenvalue weighted by Crippen LogP contribution is 2.22. The summed E-state index contributed by atoms with van der Waals surface area (Å²) < 4.78 is 0. The number of hydrogen-bond donors (Lipinski definition) is 1. The van der Waals surface area contributed by atoms with E-state index in [9.17, 15) is 9.59 Å². The number of carboxylic acids is 1. The minimum Gasteiger partial charge on any atom is -0.481 e. The van der Waals surface area contributed by atoms with Crippen LogP contribution in [0, 0.1) is 11.8 Å². The Morgan fingerprint density at radius 3 is 2.75 bits per heavy atom. The number of amides is 1. The number of hydrogen-bond acceptors (Lipinski definition) is 3. The molecule has 0 saturated carbocycles. The predicted octanol–water partition coefficient (Wildman–Crippen LogP) is -0.129. The number of nitrogens with zero attached hydrogens (tertiary/aromatic N) is 2. The molecule has 2 unspecified atom stereocenters. The normalized spacial score (nSPS) is 31.3. The molecular weight excluding hydrogens is 208 g/mol. The average molecular weight is 226 g/mol. The first kappa shape index (κ1) is 11.4. The quantitative estimate of drug-likeness (QED) is 0.728. The highest BCUT2D eigenvalue weighted by Gasteiger charge is 2.35. The zero-order valence-corrected chi connectivity index (χ0v) is 9.56. The van der Waals surface area contributed by atoms with Gasteiger partial charge in [0, 0.05) is 26.1 Å². The number of rotatable bonds is 3. The molecule has 0 radical (unpaired) electrons. The van der Waals surface area contributed by atoms with Crippen LogP contribution >= 0.6 is 0 Å². The van der Waals surface area contributed by atoms with E-state index >= 15 is 0 Å². The molecule has 16 heavy (non-hydrogen) atoms. The van der Waals surface area contributed by atoms with E-state index in [1.54, 1.807) is 4.90 Å². The Morgan fingerprint density at radius 2 is 2.25 bits per heavy atom. The molecule has 2 fully saturated rings. The smallest absolute Gasteiger partial charge is 0.308 e. The summed E-state index contributed by atoms with van der Waals surface area (Å²) >= 11 is 0. The van der Waals surface area contributed by atoms with Crippen molar-refractivity contribution in [1.29, 1.82) is 0 Å². The lowest BCUT2D eigenvalue weighted by Crippen LogP contribution is -2.32. The average Bonchev–Trinajstić information content (AvgIpc) is 2.75. The summed E-state index contributed by atoms with van der Waals surface area (Å²) in [4.78, 5) is 26.4. The van der Waals surface area contributed by atoms with Crippen molar-refractivity contribution in [2.45, 2.75) is 12.8 Å². The van der Waals surface area contributed by atoms with Gasteiger partial charge in [-0.25, -0.2) is 0 Å². The van der Waals surface area contributed by atoms with Gasteiger partial charge in [0.1, 0.15) is 0 Å². The van der Waals surface area contributed by atoms with Crippen LogP contribution < -0.4 is 0 Å². The SMILES string of the molecule is CN1CCC(CN2CC(C(=O)O)CC2=O)C1. The molecule has 1 amide bonds. The monoisotopic (exact) mass is 226 g/mol. The summed E-state index contributed by atoms with van der Waals surface area (Å²) in [6.45, 7) is 3.22. The van der Waals surface area contributed by atoms with Gasteiger partial charge in [0.15, 0.2) is 0 Å². The predicted molar refractivity (Wildman–Crippen MR) is 57.9 cm³/mol. The van der Waals surface area contributed by atoms with Gasteiger partial charge in [0.05, 0.1) is 5.92 Å². The summed E-state index contributed by atoms with van der Waals surface area (Å²) in [5.41, 5.74) is 0. The van der Waals surface area contributed by atoms with E-state index in [1.807, 2.05) is 0 Å². The molecule has 2 heterocycles. The zero-order valence-electron chi connectivity index (χ0n) is 9.56. The maximum Gasteiger partial charge on any atom is 0.308 e. The largest absolute Gasteiger partial charge is 0.481 e. The number of aliphatic carboxylic acids is 1. The Hall–Kier alpha value is -1.10. The van der Waals surface area contributed by atoms with E-state index in [0.29, 0.717) is 12.5 Å². The molecule has 2 saturated heterocycles. The maximum absolute atomic E-state index is 11.6. The van der Waals surface area contributed by atoms with Crippen LogP contribution in [-0.4, -0.2) is 60.0 Å². The standard InChI is InChI=1S/C11H18N2O3/c1-12-3-2-8(5-12)6-13-7-9(11(15)16)4-10(13)14/h8-9H,2-7H2,1H3,(H,15,16). The molecule has 0 bridgehead atoms. The van der Waals surface area contributed by atoms with Gasteiger partial charge in [-0.05, 0) is 25.9 Å². The summed E-state index contributed by atoms with van der Waals surface area (Å²) in [6, 6.07) is 0. The number of carboxylic acid groups (broad SMARTS) is 1. The van der Waals surface area contributed by atoms with Gasteiger partial charge in [-0.3, -0.25) is 9.59 Å². The van der Waals surface area contributed by atoms with Crippen LogP contribution in [0.4, 0.5) is 0 Å². The third kappa shape index (κ3) is 2.35. The summed E-state index contributed by atoms with van der Waals surface area (Å²) in [6.07, 6.45) is 1.29. The fraction of sp³-hybridized carbons (Fsp3) is 0.818. The minimum atomic E-state index is -0.848. The first-order chi connectivity index (χ1) is 7.56. The van der Waals surface area contributed by atoms with Crippen molar-refractivity contribution < 1.29 is 14.7 Å². The van der Waals surface area contributed by atoms with Crippen LogP contribution in [0.25, 0.3) is 0 Å². The Labute approximate surface area is 95.0 Å². The summed E-state index contributed by atoms with van der Waals surface area (Å²) in [7, 11) is 2.08. The Morgan fingerprint density at radius 1 is 1.50 bits per heavy atom. The molecule has 0 spiro atoms. The first-order valence-corrected chi connectivity index (χ1v) is 5.75. The molecule has 0 aliphatic carbocycles. The van der Waals surface area contributed by atoms with E-state index in [-0.39, 0.29) is 12.3 Å². The fourth-order valence-corrected chi connectivity index (χ4v) is 2.60. The molecule has 0 aromatic carbocycles. The number of carbonyl (C=O) groups excluding carboxylic acids is 1. The first-order valence-electron chi connectivity index (χ1n) is 5.75. The van der Waals surface area contributed by atoms with E-state index in [2.05, 4.69) is 11.9 Å². The van der Waals surface area contributed by atoms with Crippen LogP contribution in [0.5, 0.6) is 0 Å². The van der Waals surface area contributed by atoms with Crippen molar-refractivity contribution in [3.63, 3.8) is 0 Å². The van der Waals surface area contributed by atoms with Gasteiger partial charge < -0.3 is 14.9 Å². The lowest BCUT2D eigenvalue weighted by molar-refractivity contribution is -0.141. The highest BCUT2D eigenvalue weighted by molar-refractivity contribution is 5.86. The van der Waals surface area contributed by atoms with Crippen molar-refractivity contribution in [2.24, 2.45) is 11.8 Å². The van der Waals surface area contributed by atoms with Crippen LogP contribution in [0.15, 0.2) is 0 Å². The summed E-state index contributed by atoms with van der Waals surface area (Å²) in [5, 5.41) is 8.86. The van der Waals surface area contributed by atoms with E-state index in [1.165, 1.54) is 0 Å². The van der Waals surface area contributed by atoms with Gasteiger partial charge >= 0.3 is 5.97 Å². The molecule has 1 N–H and O–H groups in total. The zero-order chi connectivity index (χ0) is 11.7. The van der Waals surface area contributed by atoms with Gasteiger partial charge in [-0.1, -0.05) is 0 Å². The minimum absolute atomic E-state index is 0.00181. The second-order valence-corrected chi connectivity index (χ2v) is 4.95. The van der Waals surface area contributed by atoms with Gasteiger partial charge in [-0.2, -0.15) is 0 Å². The Kier molecular flexibility index (Phi) is 3.14. The van der Waals surface area contributed by atoms with Gasteiger partial charge in [-0.15, -0.1) is 0 Å². The second-order valence-electron chi connectivity index (χ2n) is 4.95.